The van der Waals surface area contributed by atoms with Gasteiger partial charge in [0.1, 0.15) is 12.3 Å². The summed E-state index contributed by atoms with van der Waals surface area (Å²) < 4.78 is 6.13. The third-order valence-corrected chi connectivity index (χ3v) is 5.43. The molecule has 0 aromatic heterocycles. The molecule has 0 saturated heterocycles. The van der Waals surface area contributed by atoms with E-state index in [1.54, 1.807) is 25.3 Å². The van der Waals surface area contributed by atoms with Crippen LogP contribution >= 0.6 is 15.9 Å². The van der Waals surface area contributed by atoms with Crippen molar-refractivity contribution in [2.75, 3.05) is 23.9 Å². The van der Waals surface area contributed by atoms with Crippen molar-refractivity contribution < 1.29 is 14.3 Å². The van der Waals surface area contributed by atoms with Crippen molar-refractivity contribution in [3.63, 3.8) is 0 Å². The zero-order valence-corrected chi connectivity index (χ0v) is 18.4. The topological polar surface area (TPSA) is 71.0 Å². The number of rotatable bonds is 5. The Morgan fingerprint density at radius 2 is 1.77 bits per heavy atom. The van der Waals surface area contributed by atoms with Crippen LogP contribution in [0.25, 0.3) is 0 Å². The SMILES string of the molecule is COc1ccc(C2=Nc3ccccc3N(CC(=O)Nc3ccc(Br)cc3)C(=O)C2)cc1. The highest BCUT2D eigenvalue weighted by Gasteiger charge is 2.26. The van der Waals surface area contributed by atoms with E-state index in [4.69, 9.17) is 9.73 Å². The number of halogens is 1. The lowest BCUT2D eigenvalue weighted by Crippen LogP contribution is -2.38. The summed E-state index contributed by atoms with van der Waals surface area (Å²) in [5, 5.41) is 2.84. The highest BCUT2D eigenvalue weighted by molar-refractivity contribution is 9.10. The second-order valence-electron chi connectivity index (χ2n) is 6.99. The Labute approximate surface area is 188 Å². The molecule has 7 heteroatoms. The van der Waals surface area contributed by atoms with Crippen LogP contribution in [0.5, 0.6) is 5.75 Å². The van der Waals surface area contributed by atoms with E-state index >= 15 is 0 Å². The zero-order valence-electron chi connectivity index (χ0n) is 16.8. The van der Waals surface area contributed by atoms with Crippen molar-refractivity contribution >= 4 is 50.5 Å². The van der Waals surface area contributed by atoms with E-state index in [1.165, 1.54) is 4.90 Å². The molecular weight excluding hydrogens is 458 g/mol. The van der Waals surface area contributed by atoms with E-state index in [-0.39, 0.29) is 24.8 Å². The number of benzene rings is 3. The average molecular weight is 478 g/mol. The molecule has 1 heterocycles. The molecule has 6 nitrogen and oxygen atoms in total. The van der Waals surface area contributed by atoms with Gasteiger partial charge in [-0.05, 0) is 66.2 Å². The first-order valence-electron chi connectivity index (χ1n) is 9.70. The molecule has 0 aliphatic carbocycles. The van der Waals surface area contributed by atoms with Crippen molar-refractivity contribution in [2.45, 2.75) is 6.42 Å². The quantitative estimate of drug-likeness (QED) is 0.564. The van der Waals surface area contributed by atoms with Crippen molar-refractivity contribution in [1.29, 1.82) is 0 Å². The standard InChI is InChI=1S/C24H20BrN3O3/c1-31-19-12-6-16(7-13-19)21-14-24(30)28(22-5-3-2-4-20(22)27-21)15-23(29)26-18-10-8-17(25)9-11-18/h2-13H,14-15H2,1H3,(H,26,29). The van der Waals surface area contributed by atoms with Crippen LogP contribution < -0.4 is 15.0 Å². The smallest absolute Gasteiger partial charge is 0.244 e. The van der Waals surface area contributed by atoms with Gasteiger partial charge in [-0.15, -0.1) is 0 Å². The lowest BCUT2D eigenvalue weighted by Gasteiger charge is -2.22. The largest absolute Gasteiger partial charge is 0.497 e. The molecule has 0 fully saturated rings. The van der Waals surface area contributed by atoms with Crippen molar-refractivity contribution in [2.24, 2.45) is 4.99 Å². The minimum Gasteiger partial charge on any atom is -0.497 e. The normalized spacial score (nSPS) is 13.2. The van der Waals surface area contributed by atoms with Crippen LogP contribution in [0.2, 0.25) is 0 Å². The zero-order chi connectivity index (χ0) is 21.8. The number of carbonyl (C=O) groups excluding carboxylic acids is 2. The summed E-state index contributed by atoms with van der Waals surface area (Å²) in [6.45, 7) is -0.0999. The number of nitrogens with zero attached hydrogens (tertiary/aromatic N) is 2. The number of fused-ring (bicyclic) bond motifs is 1. The first kappa shape index (κ1) is 20.8. The van der Waals surface area contributed by atoms with E-state index < -0.39 is 0 Å². The molecule has 2 amide bonds. The van der Waals surface area contributed by atoms with Crippen LogP contribution in [0.4, 0.5) is 17.1 Å². The highest BCUT2D eigenvalue weighted by Crippen LogP contribution is 2.33. The number of carbonyl (C=O) groups is 2. The van der Waals surface area contributed by atoms with Gasteiger partial charge in [-0.3, -0.25) is 14.6 Å². The second-order valence-corrected chi connectivity index (χ2v) is 7.90. The molecule has 1 aliphatic heterocycles. The van der Waals surface area contributed by atoms with E-state index in [0.717, 1.165) is 15.8 Å². The fourth-order valence-electron chi connectivity index (χ4n) is 3.35. The molecule has 0 saturated carbocycles. The number of ether oxygens (including phenoxy) is 1. The van der Waals surface area contributed by atoms with Crippen LogP contribution in [0, 0.1) is 0 Å². The van der Waals surface area contributed by atoms with Crippen LogP contribution in [0.1, 0.15) is 12.0 Å². The molecule has 0 unspecified atom stereocenters. The van der Waals surface area contributed by atoms with E-state index in [0.29, 0.717) is 22.8 Å². The fourth-order valence-corrected chi connectivity index (χ4v) is 3.61. The fraction of sp³-hybridized carbons (Fsp3) is 0.125. The minimum atomic E-state index is -0.279. The van der Waals surface area contributed by atoms with Gasteiger partial charge in [0.05, 0.1) is 30.6 Å². The van der Waals surface area contributed by atoms with Crippen LogP contribution in [-0.4, -0.2) is 31.2 Å². The number of anilines is 2. The lowest BCUT2D eigenvalue weighted by molar-refractivity contribution is -0.120. The van der Waals surface area contributed by atoms with E-state index in [9.17, 15) is 9.59 Å². The third-order valence-electron chi connectivity index (χ3n) is 4.90. The molecule has 3 aromatic rings. The molecule has 1 N–H and O–H groups in total. The van der Waals surface area contributed by atoms with Crippen LogP contribution in [0.3, 0.4) is 0 Å². The molecule has 1 aliphatic rings. The van der Waals surface area contributed by atoms with Gasteiger partial charge in [0, 0.05) is 10.2 Å². The number of hydrogen-bond acceptors (Lipinski definition) is 4. The maximum absolute atomic E-state index is 13.2. The predicted octanol–water partition coefficient (Wildman–Crippen LogP) is 4.95. The first-order chi connectivity index (χ1) is 15.0. The van der Waals surface area contributed by atoms with Crippen molar-refractivity contribution in [3.8, 4) is 5.75 Å². The Balaban J connectivity index is 1.59. The Morgan fingerprint density at radius 1 is 1.06 bits per heavy atom. The van der Waals surface area contributed by atoms with Crippen molar-refractivity contribution in [1.82, 2.24) is 0 Å². The van der Waals surface area contributed by atoms with Gasteiger partial charge in [-0.1, -0.05) is 28.1 Å². The molecule has 0 radical (unpaired) electrons. The minimum absolute atomic E-state index is 0.0899. The Morgan fingerprint density at radius 3 is 2.48 bits per heavy atom. The molecule has 3 aromatic carbocycles. The van der Waals surface area contributed by atoms with Gasteiger partial charge >= 0.3 is 0 Å². The third kappa shape index (κ3) is 4.83. The Hall–Kier alpha value is -3.45. The summed E-state index contributed by atoms with van der Waals surface area (Å²) >= 11 is 3.37. The summed E-state index contributed by atoms with van der Waals surface area (Å²) in [6.07, 6.45) is 0.0899. The molecule has 0 atom stereocenters. The number of aliphatic imine (C=N–C) groups is 1. The lowest BCUT2D eigenvalue weighted by atomic mass is 10.1. The number of para-hydroxylation sites is 2. The summed E-state index contributed by atoms with van der Waals surface area (Å²) in [6, 6.07) is 22.1. The van der Waals surface area contributed by atoms with Gasteiger partial charge in [0.15, 0.2) is 0 Å². The summed E-state index contributed by atoms with van der Waals surface area (Å²) in [7, 11) is 1.61. The maximum Gasteiger partial charge on any atom is 0.244 e. The Kier molecular flexibility index (Phi) is 6.13. The average Bonchev–Trinajstić information content (AvgIpc) is 2.92. The molecule has 4 rings (SSSR count). The van der Waals surface area contributed by atoms with Gasteiger partial charge in [0.2, 0.25) is 11.8 Å². The van der Waals surface area contributed by atoms with Crippen LogP contribution in [-0.2, 0) is 9.59 Å². The van der Waals surface area contributed by atoms with Gasteiger partial charge in [-0.2, -0.15) is 0 Å². The summed E-state index contributed by atoms with van der Waals surface area (Å²) in [5.74, 6) is 0.264. The second kappa shape index (κ2) is 9.14. The molecular formula is C24H20BrN3O3. The van der Waals surface area contributed by atoms with Gasteiger partial charge in [-0.25, -0.2) is 0 Å². The number of methoxy groups -OCH3 is 1. The van der Waals surface area contributed by atoms with E-state index in [1.807, 2.05) is 54.6 Å². The number of nitrogens with one attached hydrogen (secondary N) is 1. The highest BCUT2D eigenvalue weighted by atomic mass is 79.9. The predicted molar refractivity (Wildman–Crippen MR) is 125 cm³/mol. The Bertz CT molecular complexity index is 1140. The molecule has 156 valence electrons. The molecule has 31 heavy (non-hydrogen) atoms. The number of amides is 2. The molecule has 0 spiro atoms. The number of hydrogen-bond donors (Lipinski definition) is 1. The van der Waals surface area contributed by atoms with Gasteiger partial charge in [0.25, 0.3) is 0 Å². The first-order valence-corrected chi connectivity index (χ1v) is 10.5. The maximum atomic E-state index is 13.2. The van der Waals surface area contributed by atoms with E-state index in [2.05, 4.69) is 21.2 Å². The summed E-state index contributed by atoms with van der Waals surface area (Å²) in [4.78, 5) is 32.1. The summed E-state index contributed by atoms with van der Waals surface area (Å²) in [5.41, 5.74) is 3.41. The van der Waals surface area contributed by atoms with Crippen LogP contribution in [0.15, 0.2) is 82.3 Å². The van der Waals surface area contributed by atoms with Crippen molar-refractivity contribution in [3.05, 3.63) is 82.8 Å². The monoisotopic (exact) mass is 477 g/mol. The molecule has 0 bridgehead atoms. The van der Waals surface area contributed by atoms with Gasteiger partial charge < -0.3 is 15.0 Å².